The molecule has 0 saturated carbocycles. The highest BCUT2D eigenvalue weighted by Crippen LogP contribution is 2.54. The largest absolute Gasteiger partial charge is 0.313 e. The van der Waals surface area contributed by atoms with Crippen molar-refractivity contribution in [2.45, 2.75) is 65.2 Å². The van der Waals surface area contributed by atoms with Crippen molar-refractivity contribution in [2.24, 2.45) is 0 Å². The number of thiophene rings is 2. The number of anilines is 6. The van der Waals surface area contributed by atoms with E-state index in [1.54, 1.807) is 0 Å². The van der Waals surface area contributed by atoms with Gasteiger partial charge in [-0.1, -0.05) is 224 Å². The van der Waals surface area contributed by atoms with Gasteiger partial charge in [-0.15, -0.1) is 22.7 Å². The molecule has 0 radical (unpaired) electrons. The Morgan fingerprint density at radius 1 is 0.386 bits per heavy atom. The molecule has 3 aliphatic rings. The average Bonchev–Trinajstić information content (AvgIpc) is 1.11. The summed E-state index contributed by atoms with van der Waals surface area (Å²) in [6.07, 6.45) is 15.0. The molecule has 0 N–H and O–H groups in total. The van der Waals surface area contributed by atoms with Gasteiger partial charge in [-0.2, -0.15) is 0 Å². The second-order valence-electron chi connectivity index (χ2n) is 29.7. The van der Waals surface area contributed by atoms with Crippen LogP contribution in [-0.2, 0) is 17.3 Å². The fraction of sp³-hybridized carbons (Fsp3) is 0.108. The Hall–Kier alpha value is -11.3. The zero-order chi connectivity index (χ0) is 67.6. The third-order valence-electron chi connectivity index (χ3n) is 21.8. The Kier molecular flexibility index (Phi) is 13.4. The van der Waals surface area contributed by atoms with E-state index in [0.29, 0.717) is 0 Å². The quantitative estimate of drug-likeness (QED) is 0.118. The van der Waals surface area contributed by atoms with Crippen LogP contribution >= 0.6 is 22.7 Å². The van der Waals surface area contributed by atoms with Gasteiger partial charge in [-0.25, -0.2) is 0 Å². The molecule has 0 atom stereocenters. The van der Waals surface area contributed by atoms with Crippen LogP contribution in [0.25, 0.3) is 124 Å². The van der Waals surface area contributed by atoms with E-state index in [4.69, 9.17) is 4.98 Å². The Morgan fingerprint density at radius 2 is 0.941 bits per heavy atom. The molecule has 5 nitrogen and oxygen atoms in total. The van der Waals surface area contributed by atoms with Crippen LogP contribution in [0.3, 0.4) is 0 Å². The lowest BCUT2D eigenvalue weighted by Gasteiger charge is -2.45. The normalized spacial score (nSPS) is 14.3. The van der Waals surface area contributed by atoms with Crippen molar-refractivity contribution in [1.82, 2.24) is 14.1 Å². The SMILES string of the molecule is CC(C)(C)c1ccc(N2c3cc(-n4c5c(c6ccccc64)/C=C\C/C=C\C5)ccc3B3c4ccc(-n5c6ccccc6c6ccncc65)cc4N(c4ccc(C(C)(C)C)cc4-c4ccccc4)c4cc(-c5cccc6c5sc5ccc7sc8ccccc8c7c56)cc2c43)c(-c2ccccc2)c1. The molecule has 12 aromatic carbocycles. The lowest BCUT2D eigenvalue weighted by atomic mass is 9.33. The van der Waals surface area contributed by atoms with Crippen molar-refractivity contribution in [3.8, 4) is 44.8 Å². The van der Waals surface area contributed by atoms with E-state index >= 15 is 0 Å². The topological polar surface area (TPSA) is 29.2 Å². The van der Waals surface area contributed by atoms with E-state index in [1.807, 2.05) is 35.1 Å². The van der Waals surface area contributed by atoms with Gasteiger partial charge in [0.1, 0.15) is 0 Å². The van der Waals surface area contributed by atoms with E-state index in [9.17, 15) is 0 Å². The van der Waals surface area contributed by atoms with E-state index in [0.717, 1.165) is 80.5 Å². The lowest BCUT2D eigenvalue weighted by Crippen LogP contribution is -2.61. The van der Waals surface area contributed by atoms with Crippen molar-refractivity contribution in [2.75, 3.05) is 9.80 Å². The van der Waals surface area contributed by atoms with Crippen LogP contribution in [0.4, 0.5) is 34.1 Å². The lowest BCUT2D eigenvalue weighted by molar-refractivity contribution is 0.590. The van der Waals surface area contributed by atoms with Crippen LogP contribution in [0.15, 0.2) is 285 Å². The number of fused-ring (bicyclic) bond motifs is 17. The molecule has 7 heterocycles. The second-order valence-corrected chi connectivity index (χ2v) is 31.8. The first-order chi connectivity index (χ1) is 49.4. The Balaban J connectivity index is 0.953. The molecule has 20 rings (SSSR count). The minimum absolute atomic E-state index is 0.129. The van der Waals surface area contributed by atoms with Gasteiger partial charge in [0.15, 0.2) is 0 Å². The summed E-state index contributed by atoms with van der Waals surface area (Å²) in [6, 6.07) is 97.8. The zero-order valence-corrected chi connectivity index (χ0v) is 58.9. The number of pyridine rings is 1. The smallest absolute Gasteiger partial charge is 0.252 e. The number of hydrogen-bond acceptors (Lipinski definition) is 5. The van der Waals surface area contributed by atoms with E-state index in [1.165, 1.54) is 123 Å². The number of hydrogen-bond donors (Lipinski definition) is 0. The molecular formula is C93H70BN5S2. The second kappa shape index (κ2) is 22.6. The fourth-order valence-electron chi connectivity index (χ4n) is 17.0. The van der Waals surface area contributed by atoms with Crippen LogP contribution in [0.2, 0.25) is 0 Å². The predicted octanol–water partition coefficient (Wildman–Crippen LogP) is 24.1. The molecule has 1 aliphatic carbocycles. The van der Waals surface area contributed by atoms with E-state index in [-0.39, 0.29) is 17.5 Å². The molecular weight excluding hydrogens is 1260 g/mol. The predicted molar refractivity (Wildman–Crippen MR) is 435 cm³/mol. The Labute approximate surface area is 596 Å². The van der Waals surface area contributed by atoms with Gasteiger partial charge in [0.05, 0.1) is 34.1 Å². The van der Waals surface area contributed by atoms with Gasteiger partial charge >= 0.3 is 0 Å². The van der Waals surface area contributed by atoms with Crippen LogP contribution in [0.1, 0.15) is 70.3 Å². The maximum absolute atomic E-state index is 4.82. The molecule has 17 aromatic rings. The first kappa shape index (κ1) is 59.7. The van der Waals surface area contributed by atoms with Gasteiger partial charge in [-0.3, -0.25) is 4.98 Å². The standard InChI is InChI=1S/C93H70BN5S2/c1-92(2,3)60-38-44-78(71(52-60)57-24-11-9-12-25-57)98-80-54-62(96-75-34-16-8-7-15-28-65(75)66-29-17-20-35-76(66)96)40-42-73(80)94-74-43-41-63(97-77-36-21-18-30-67(77)68-48-49-95-56-84(68)97)55-81(74)99(79-45-39-61(93(4,5)6)53-72(79)58-26-13-10-14-27-58)83-51-59(50-82(98)90(83)94)64-32-23-33-70-89-87(101-91(64)70)47-46-86-88(89)69-31-19-22-37-85(69)100-86/h8-33,35-56H,7,34H2,1-6H3/b16-8-,28-15-. The van der Waals surface area contributed by atoms with E-state index < -0.39 is 0 Å². The van der Waals surface area contributed by atoms with Crippen LogP contribution in [0.5, 0.6) is 0 Å². The van der Waals surface area contributed by atoms with Gasteiger partial charge in [0, 0.05) is 126 Å². The summed E-state index contributed by atoms with van der Waals surface area (Å²) in [5.74, 6) is 0. The highest BCUT2D eigenvalue weighted by atomic mass is 32.1. The zero-order valence-electron chi connectivity index (χ0n) is 57.3. The van der Waals surface area contributed by atoms with E-state index in [2.05, 4.69) is 340 Å². The highest BCUT2D eigenvalue weighted by Gasteiger charge is 2.45. The van der Waals surface area contributed by atoms with Crippen molar-refractivity contribution >= 4 is 159 Å². The van der Waals surface area contributed by atoms with Crippen LogP contribution in [-0.4, -0.2) is 20.8 Å². The fourth-order valence-corrected chi connectivity index (χ4v) is 19.4. The maximum Gasteiger partial charge on any atom is 0.252 e. The molecule has 5 aromatic heterocycles. The number of allylic oxidation sites excluding steroid dienone is 3. The summed E-state index contributed by atoms with van der Waals surface area (Å²) in [4.78, 5) is 10.2. The Morgan fingerprint density at radius 3 is 1.59 bits per heavy atom. The van der Waals surface area contributed by atoms with Gasteiger partial charge in [0.25, 0.3) is 6.71 Å². The monoisotopic (exact) mass is 1330 g/mol. The minimum atomic E-state index is -0.217. The summed E-state index contributed by atoms with van der Waals surface area (Å²) in [6.45, 7) is 13.8. The number of nitrogens with zero attached hydrogens (tertiary/aromatic N) is 5. The molecule has 101 heavy (non-hydrogen) atoms. The number of para-hydroxylation sites is 2. The van der Waals surface area contributed by atoms with Crippen molar-refractivity contribution in [1.29, 1.82) is 0 Å². The third kappa shape index (κ3) is 9.24. The molecule has 0 spiro atoms. The number of rotatable bonds is 7. The molecule has 0 unspecified atom stereocenters. The first-order valence-corrected chi connectivity index (χ1v) is 37.0. The Bertz CT molecular complexity index is 6330. The summed E-state index contributed by atoms with van der Waals surface area (Å²) < 4.78 is 10.2. The molecule has 8 heteroatoms. The molecule has 0 saturated heterocycles. The summed E-state index contributed by atoms with van der Waals surface area (Å²) in [5.41, 5.74) is 28.1. The summed E-state index contributed by atoms with van der Waals surface area (Å²) in [5, 5.41) is 8.92. The van der Waals surface area contributed by atoms with Gasteiger partial charge < -0.3 is 18.9 Å². The van der Waals surface area contributed by atoms with Gasteiger partial charge in [-0.05, 0) is 164 Å². The number of aromatic nitrogens is 3. The molecule has 482 valence electrons. The molecule has 0 fully saturated rings. The molecule has 2 aliphatic heterocycles. The van der Waals surface area contributed by atoms with Crippen LogP contribution < -0.4 is 26.2 Å². The minimum Gasteiger partial charge on any atom is -0.313 e. The van der Waals surface area contributed by atoms with Gasteiger partial charge in [0.2, 0.25) is 0 Å². The third-order valence-corrected chi connectivity index (χ3v) is 24.1. The van der Waals surface area contributed by atoms with Crippen molar-refractivity contribution in [3.05, 3.63) is 308 Å². The molecule has 0 amide bonds. The van der Waals surface area contributed by atoms with Crippen molar-refractivity contribution < 1.29 is 0 Å². The highest BCUT2D eigenvalue weighted by molar-refractivity contribution is 7.28. The van der Waals surface area contributed by atoms with Crippen molar-refractivity contribution in [3.63, 3.8) is 0 Å². The maximum atomic E-state index is 4.82. The average molecular weight is 1330 g/mol. The first-order valence-electron chi connectivity index (χ1n) is 35.4. The summed E-state index contributed by atoms with van der Waals surface area (Å²) in [7, 11) is 0. The van der Waals surface area contributed by atoms with Crippen LogP contribution in [0, 0.1) is 0 Å². The number of benzene rings is 12. The summed E-state index contributed by atoms with van der Waals surface area (Å²) >= 11 is 3.82. The molecule has 0 bridgehead atoms.